The molecule has 6 rings (SSSR count). The van der Waals surface area contributed by atoms with Crippen LogP contribution in [0.15, 0.2) is 66.5 Å². The molecular formula is C33H37FN4O5. The number of likely N-dealkylation sites (tertiary alicyclic amines) is 1. The SMILES string of the molecule is COCc1cc2c(Oc3ccc(NC(=O)C4(NC5=CC=CCC5)CO4)cc3F)ccnc2cc1OCC1CCN(C)CC1. The molecule has 1 aliphatic carbocycles. The van der Waals surface area contributed by atoms with E-state index in [0.29, 0.717) is 41.5 Å². The molecule has 0 spiro atoms. The number of pyridine rings is 1. The smallest absolute Gasteiger partial charge is 0.280 e. The summed E-state index contributed by atoms with van der Waals surface area (Å²) in [6.45, 7) is 3.38. The number of anilines is 1. The Hall–Kier alpha value is -3.99. The van der Waals surface area contributed by atoms with Gasteiger partial charge in [0.2, 0.25) is 5.72 Å². The van der Waals surface area contributed by atoms with Gasteiger partial charge in [0, 0.05) is 47.8 Å². The first-order chi connectivity index (χ1) is 20.9. The molecule has 3 aromatic rings. The summed E-state index contributed by atoms with van der Waals surface area (Å²) < 4.78 is 38.5. The van der Waals surface area contributed by atoms with E-state index in [9.17, 15) is 4.79 Å². The van der Waals surface area contributed by atoms with Gasteiger partial charge in [0.05, 0.1) is 18.7 Å². The van der Waals surface area contributed by atoms with Crippen molar-refractivity contribution in [3.05, 3.63) is 77.9 Å². The van der Waals surface area contributed by atoms with Gasteiger partial charge in [-0.05, 0) is 82.1 Å². The van der Waals surface area contributed by atoms with Gasteiger partial charge in [-0.15, -0.1) is 0 Å². The van der Waals surface area contributed by atoms with E-state index in [1.807, 2.05) is 24.3 Å². The first-order valence-electron chi connectivity index (χ1n) is 14.7. The molecule has 1 atom stereocenters. The number of epoxide rings is 1. The molecule has 0 radical (unpaired) electrons. The van der Waals surface area contributed by atoms with Crippen molar-refractivity contribution in [2.24, 2.45) is 5.92 Å². The predicted molar refractivity (Wildman–Crippen MR) is 162 cm³/mol. The highest BCUT2D eigenvalue weighted by molar-refractivity contribution is 5.99. The monoisotopic (exact) mass is 588 g/mol. The zero-order valence-corrected chi connectivity index (χ0v) is 24.5. The molecule has 0 bridgehead atoms. The molecule has 1 amide bonds. The fourth-order valence-electron chi connectivity index (χ4n) is 5.43. The van der Waals surface area contributed by atoms with Crippen molar-refractivity contribution in [3.63, 3.8) is 0 Å². The number of allylic oxidation sites excluding steroid dienone is 4. The van der Waals surface area contributed by atoms with Gasteiger partial charge in [-0.25, -0.2) is 4.39 Å². The van der Waals surface area contributed by atoms with E-state index in [1.165, 1.54) is 12.1 Å². The van der Waals surface area contributed by atoms with Gasteiger partial charge in [-0.3, -0.25) is 9.78 Å². The summed E-state index contributed by atoms with van der Waals surface area (Å²) in [7, 11) is 3.78. The highest BCUT2D eigenvalue weighted by Gasteiger charge is 2.53. The number of aromatic nitrogens is 1. The number of fused-ring (bicyclic) bond motifs is 1. The number of nitrogens with zero attached hydrogens (tertiary/aromatic N) is 2. The molecular weight excluding hydrogens is 551 g/mol. The van der Waals surface area contributed by atoms with Gasteiger partial charge in [0.25, 0.3) is 5.91 Å². The Morgan fingerprint density at radius 3 is 2.72 bits per heavy atom. The molecule has 2 N–H and O–H groups in total. The molecule has 2 fully saturated rings. The number of methoxy groups -OCH3 is 1. The van der Waals surface area contributed by atoms with Crippen LogP contribution in [0.1, 0.15) is 31.2 Å². The van der Waals surface area contributed by atoms with Crippen molar-refractivity contribution in [2.45, 2.75) is 38.0 Å². The molecule has 0 saturated carbocycles. The third kappa shape index (κ3) is 6.82. The molecule has 43 heavy (non-hydrogen) atoms. The van der Waals surface area contributed by atoms with Crippen LogP contribution in [0.4, 0.5) is 10.1 Å². The summed E-state index contributed by atoms with van der Waals surface area (Å²) >= 11 is 0. The number of rotatable bonds is 11. The molecule has 226 valence electrons. The van der Waals surface area contributed by atoms with Crippen LogP contribution in [-0.2, 0) is 20.9 Å². The topological polar surface area (TPSA) is 97.5 Å². The van der Waals surface area contributed by atoms with E-state index in [1.54, 1.807) is 25.4 Å². The lowest BCUT2D eigenvalue weighted by molar-refractivity contribution is -0.122. The highest BCUT2D eigenvalue weighted by atomic mass is 19.1. The van der Waals surface area contributed by atoms with Gasteiger partial charge >= 0.3 is 0 Å². The van der Waals surface area contributed by atoms with Crippen LogP contribution in [0, 0.1) is 11.7 Å². The lowest BCUT2D eigenvalue weighted by Crippen LogP contribution is -2.44. The minimum Gasteiger partial charge on any atom is -0.493 e. The normalized spacial score (nSPS) is 20.5. The molecule has 3 aliphatic rings. The summed E-state index contributed by atoms with van der Waals surface area (Å²) in [6, 6.07) is 9.85. The molecule has 1 aromatic heterocycles. The molecule has 2 saturated heterocycles. The van der Waals surface area contributed by atoms with Crippen molar-refractivity contribution in [3.8, 4) is 17.2 Å². The predicted octanol–water partition coefficient (Wildman–Crippen LogP) is 5.52. The summed E-state index contributed by atoms with van der Waals surface area (Å²) in [6.07, 6.45) is 11.5. The van der Waals surface area contributed by atoms with Crippen LogP contribution in [0.3, 0.4) is 0 Å². The van der Waals surface area contributed by atoms with Crippen LogP contribution in [0.25, 0.3) is 10.9 Å². The van der Waals surface area contributed by atoms with Crippen molar-refractivity contribution < 1.29 is 28.1 Å². The van der Waals surface area contributed by atoms with Gasteiger partial charge in [0.15, 0.2) is 11.6 Å². The van der Waals surface area contributed by atoms with E-state index < -0.39 is 11.5 Å². The van der Waals surface area contributed by atoms with Gasteiger partial charge < -0.3 is 34.5 Å². The first kappa shape index (κ1) is 29.1. The fourth-order valence-corrected chi connectivity index (χ4v) is 5.43. The van der Waals surface area contributed by atoms with E-state index in [2.05, 4.69) is 33.6 Å². The van der Waals surface area contributed by atoms with Crippen LogP contribution >= 0.6 is 0 Å². The minimum absolute atomic E-state index is 0.0241. The maximum absolute atomic E-state index is 15.2. The molecule has 9 nitrogen and oxygen atoms in total. The number of nitrogens with one attached hydrogen (secondary N) is 2. The van der Waals surface area contributed by atoms with Gasteiger partial charge in [-0.2, -0.15) is 0 Å². The number of carbonyl (C=O) groups is 1. The fraction of sp³-hybridized carbons (Fsp3) is 0.394. The number of amides is 1. The summed E-state index contributed by atoms with van der Waals surface area (Å²) in [5.41, 5.74) is 1.64. The van der Waals surface area contributed by atoms with Crippen LogP contribution in [0.5, 0.6) is 17.2 Å². The third-order valence-electron chi connectivity index (χ3n) is 8.08. The average molecular weight is 589 g/mol. The van der Waals surface area contributed by atoms with Crippen LogP contribution < -0.4 is 20.1 Å². The first-order valence-corrected chi connectivity index (χ1v) is 14.7. The summed E-state index contributed by atoms with van der Waals surface area (Å²) in [4.78, 5) is 19.8. The molecule has 1 unspecified atom stereocenters. The van der Waals surface area contributed by atoms with Crippen molar-refractivity contribution in [1.29, 1.82) is 0 Å². The summed E-state index contributed by atoms with van der Waals surface area (Å²) in [5.74, 6) is 0.714. The van der Waals surface area contributed by atoms with E-state index >= 15 is 4.39 Å². The molecule has 2 aromatic carbocycles. The number of hydrogen-bond acceptors (Lipinski definition) is 8. The molecule has 3 heterocycles. The van der Waals surface area contributed by atoms with E-state index in [-0.39, 0.29) is 18.3 Å². The largest absolute Gasteiger partial charge is 0.493 e. The Kier molecular flexibility index (Phi) is 8.60. The summed E-state index contributed by atoms with van der Waals surface area (Å²) in [5, 5.41) is 6.64. The van der Waals surface area contributed by atoms with E-state index in [4.69, 9.17) is 18.9 Å². The number of ether oxygens (including phenoxy) is 4. The maximum Gasteiger partial charge on any atom is 0.280 e. The van der Waals surface area contributed by atoms with Gasteiger partial charge in [-0.1, -0.05) is 12.2 Å². The Labute approximate surface area is 250 Å². The number of hydrogen-bond donors (Lipinski definition) is 2. The second kappa shape index (κ2) is 12.7. The third-order valence-corrected chi connectivity index (χ3v) is 8.08. The Morgan fingerprint density at radius 2 is 2.00 bits per heavy atom. The van der Waals surface area contributed by atoms with Crippen molar-refractivity contribution in [1.82, 2.24) is 15.2 Å². The molecule has 10 heteroatoms. The second-order valence-corrected chi connectivity index (χ2v) is 11.4. The number of carbonyl (C=O) groups excluding carboxylic acids is 1. The Balaban J connectivity index is 1.15. The Bertz CT molecular complexity index is 1550. The minimum atomic E-state index is -1.13. The lowest BCUT2D eigenvalue weighted by Gasteiger charge is -2.29. The molecule has 2 aliphatic heterocycles. The number of benzene rings is 2. The second-order valence-electron chi connectivity index (χ2n) is 11.4. The number of halogens is 1. The standard InChI is InChI=1S/C33H37FN4O5/c1-38-14-11-22(12-15-38)19-41-31-18-28-26(16-23(31)20-40-2)29(10-13-35-28)43-30-9-8-25(17-27(30)34)36-32(39)33(21-42-33)37-24-6-4-3-5-7-24/h3-4,6,8-10,13,16-18,22,37H,5,7,11-12,14-15,19-21H2,1-2H3,(H,36,39). The Morgan fingerprint density at radius 1 is 1.16 bits per heavy atom. The highest BCUT2D eigenvalue weighted by Crippen LogP contribution is 2.36. The van der Waals surface area contributed by atoms with Crippen molar-refractivity contribution >= 4 is 22.5 Å². The van der Waals surface area contributed by atoms with Crippen LogP contribution in [0.2, 0.25) is 0 Å². The zero-order valence-electron chi connectivity index (χ0n) is 24.5. The van der Waals surface area contributed by atoms with Crippen molar-refractivity contribution in [2.75, 3.05) is 45.8 Å². The number of piperidine rings is 1. The quantitative estimate of drug-likeness (QED) is 0.283. The van der Waals surface area contributed by atoms with E-state index in [0.717, 1.165) is 55.8 Å². The maximum atomic E-state index is 15.2. The lowest BCUT2D eigenvalue weighted by atomic mass is 9.98. The van der Waals surface area contributed by atoms with Gasteiger partial charge in [0.1, 0.15) is 18.1 Å². The average Bonchev–Trinajstić information content (AvgIpc) is 3.80. The van der Waals surface area contributed by atoms with Crippen LogP contribution in [-0.4, -0.2) is 62.0 Å². The zero-order chi connectivity index (χ0) is 29.8.